The van der Waals surface area contributed by atoms with Gasteiger partial charge in [-0.05, 0) is 29.7 Å². The molecule has 8 heteroatoms. The molecule has 0 bridgehead atoms. The molecule has 1 aliphatic rings. The third kappa shape index (κ3) is 5.19. The number of carbonyl (C=O) groups is 1. The van der Waals surface area contributed by atoms with Crippen LogP contribution < -0.4 is 10.1 Å². The number of carbonyl (C=O) groups excluding carboxylic acids is 1. The van der Waals surface area contributed by atoms with Gasteiger partial charge in [0.25, 0.3) is 0 Å². The molecule has 1 fully saturated rings. The van der Waals surface area contributed by atoms with Crippen LogP contribution in [0.15, 0.2) is 48.8 Å². The zero-order valence-corrected chi connectivity index (χ0v) is 14.6. The van der Waals surface area contributed by atoms with Crippen molar-refractivity contribution in [1.29, 1.82) is 0 Å². The third-order valence-corrected chi connectivity index (χ3v) is 4.44. The Morgan fingerprint density at radius 2 is 2.07 bits per heavy atom. The van der Waals surface area contributed by atoms with Crippen molar-refractivity contribution in [3.8, 4) is 5.75 Å². The first-order valence-corrected chi connectivity index (χ1v) is 8.68. The summed E-state index contributed by atoms with van der Waals surface area (Å²) < 4.78 is 41.7. The molecular formula is C19H20F3N3O2. The molecule has 1 unspecified atom stereocenters. The molecule has 1 N–H and O–H groups in total. The minimum absolute atomic E-state index is 0.104. The topological polar surface area (TPSA) is 54.5 Å². The van der Waals surface area contributed by atoms with Crippen molar-refractivity contribution in [3.63, 3.8) is 0 Å². The number of hydrogen-bond acceptors (Lipinski definition) is 4. The average Bonchev–Trinajstić information content (AvgIpc) is 2.66. The van der Waals surface area contributed by atoms with E-state index in [4.69, 9.17) is 0 Å². The van der Waals surface area contributed by atoms with Gasteiger partial charge in [-0.2, -0.15) is 0 Å². The number of piperazine rings is 1. The van der Waals surface area contributed by atoms with E-state index in [9.17, 15) is 18.0 Å². The fourth-order valence-corrected chi connectivity index (χ4v) is 3.19. The highest BCUT2D eigenvalue weighted by molar-refractivity contribution is 5.77. The van der Waals surface area contributed by atoms with E-state index in [1.807, 2.05) is 12.1 Å². The highest BCUT2D eigenvalue weighted by Crippen LogP contribution is 2.28. The summed E-state index contributed by atoms with van der Waals surface area (Å²) in [5.74, 6) is -0.367. The molecule has 27 heavy (non-hydrogen) atoms. The summed E-state index contributed by atoms with van der Waals surface area (Å²) in [5.41, 5.74) is 1.29. The Balaban J connectivity index is 1.68. The molecule has 0 aliphatic carbocycles. The highest BCUT2D eigenvalue weighted by Gasteiger charge is 2.32. The second kappa shape index (κ2) is 8.39. The average molecular weight is 379 g/mol. The fraction of sp³-hybridized carbons (Fsp3) is 0.368. The lowest BCUT2D eigenvalue weighted by Crippen LogP contribution is -2.48. The summed E-state index contributed by atoms with van der Waals surface area (Å²) in [6, 6.07) is 9.50. The van der Waals surface area contributed by atoms with Crippen LogP contribution in [0.1, 0.15) is 23.6 Å². The lowest BCUT2D eigenvalue weighted by Gasteiger charge is -2.36. The Bertz CT molecular complexity index is 768. The van der Waals surface area contributed by atoms with Crippen LogP contribution in [0.2, 0.25) is 0 Å². The standard InChI is InChI=1S/C19H20F3N3O2/c20-19(21,22)27-17-6-2-1-4-14(17)7-8-18(26)25-11-10-24-13-16(25)15-5-3-9-23-12-15/h1-6,9,12,16,24H,7-8,10-11,13H2. The van der Waals surface area contributed by atoms with Crippen LogP contribution in [0, 0.1) is 0 Å². The third-order valence-electron chi connectivity index (χ3n) is 4.44. The van der Waals surface area contributed by atoms with Gasteiger partial charge in [-0.3, -0.25) is 9.78 Å². The Labute approximate surface area is 155 Å². The van der Waals surface area contributed by atoms with Crippen LogP contribution in [0.25, 0.3) is 0 Å². The molecule has 1 saturated heterocycles. The van der Waals surface area contributed by atoms with Crippen molar-refractivity contribution >= 4 is 5.91 Å². The molecule has 1 aromatic carbocycles. The number of halogens is 3. The monoisotopic (exact) mass is 379 g/mol. The van der Waals surface area contributed by atoms with Gasteiger partial charge in [0.05, 0.1) is 6.04 Å². The van der Waals surface area contributed by atoms with E-state index in [1.165, 1.54) is 12.1 Å². The molecule has 0 radical (unpaired) electrons. The number of aryl methyl sites for hydroxylation is 1. The Morgan fingerprint density at radius 3 is 2.81 bits per heavy atom. The minimum atomic E-state index is -4.76. The number of pyridine rings is 1. The van der Waals surface area contributed by atoms with E-state index in [-0.39, 0.29) is 30.5 Å². The molecular weight excluding hydrogens is 359 g/mol. The predicted molar refractivity (Wildman–Crippen MR) is 93.0 cm³/mol. The van der Waals surface area contributed by atoms with Gasteiger partial charge in [0.15, 0.2) is 0 Å². The van der Waals surface area contributed by atoms with E-state index < -0.39 is 6.36 Å². The smallest absolute Gasteiger partial charge is 0.406 e. The minimum Gasteiger partial charge on any atom is -0.406 e. The second-order valence-electron chi connectivity index (χ2n) is 6.25. The van der Waals surface area contributed by atoms with Gasteiger partial charge < -0.3 is 15.0 Å². The highest BCUT2D eigenvalue weighted by atomic mass is 19.4. The van der Waals surface area contributed by atoms with Crippen molar-refractivity contribution in [1.82, 2.24) is 15.2 Å². The molecule has 1 atom stereocenters. The molecule has 1 aromatic heterocycles. The molecule has 2 heterocycles. The maximum absolute atomic E-state index is 12.8. The Morgan fingerprint density at radius 1 is 1.26 bits per heavy atom. The van der Waals surface area contributed by atoms with E-state index in [1.54, 1.807) is 29.4 Å². The zero-order chi connectivity index (χ0) is 19.3. The maximum Gasteiger partial charge on any atom is 0.573 e. The van der Waals surface area contributed by atoms with Crippen LogP contribution >= 0.6 is 0 Å². The van der Waals surface area contributed by atoms with Crippen molar-refractivity contribution < 1.29 is 22.7 Å². The van der Waals surface area contributed by atoms with E-state index in [0.29, 0.717) is 25.2 Å². The van der Waals surface area contributed by atoms with Crippen molar-refractivity contribution in [2.45, 2.75) is 25.2 Å². The zero-order valence-electron chi connectivity index (χ0n) is 14.6. The van der Waals surface area contributed by atoms with Crippen LogP contribution in [-0.2, 0) is 11.2 Å². The predicted octanol–water partition coefficient (Wildman–Crippen LogP) is 3.09. The summed E-state index contributed by atoms with van der Waals surface area (Å²) in [4.78, 5) is 18.6. The molecule has 3 rings (SSSR count). The lowest BCUT2D eigenvalue weighted by atomic mass is 10.0. The summed E-state index contributed by atoms with van der Waals surface area (Å²) in [6.45, 7) is 1.83. The quantitative estimate of drug-likeness (QED) is 0.868. The van der Waals surface area contributed by atoms with Crippen LogP contribution in [0.5, 0.6) is 5.75 Å². The molecule has 0 spiro atoms. The lowest BCUT2D eigenvalue weighted by molar-refractivity contribution is -0.274. The van der Waals surface area contributed by atoms with Gasteiger partial charge in [-0.1, -0.05) is 24.3 Å². The van der Waals surface area contributed by atoms with Gasteiger partial charge in [0, 0.05) is 38.4 Å². The molecule has 144 valence electrons. The number of aromatic nitrogens is 1. The number of nitrogens with zero attached hydrogens (tertiary/aromatic N) is 2. The Hall–Kier alpha value is -2.61. The summed E-state index contributed by atoms with van der Waals surface area (Å²) >= 11 is 0. The SMILES string of the molecule is O=C(CCc1ccccc1OC(F)(F)F)N1CCNCC1c1cccnc1. The van der Waals surface area contributed by atoms with Crippen LogP contribution in [-0.4, -0.2) is 41.8 Å². The normalized spacial score (nSPS) is 17.6. The second-order valence-corrected chi connectivity index (χ2v) is 6.25. The number of amides is 1. The number of nitrogens with one attached hydrogen (secondary N) is 1. The molecule has 2 aromatic rings. The number of alkyl halides is 3. The summed E-state index contributed by atoms with van der Waals surface area (Å²) in [6.07, 6.45) is -1.08. The van der Waals surface area contributed by atoms with E-state index >= 15 is 0 Å². The van der Waals surface area contributed by atoms with Gasteiger partial charge in [0.2, 0.25) is 5.91 Å². The number of hydrogen-bond donors (Lipinski definition) is 1. The number of ether oxygens (including phenoxy) is 1. The number of para-hydroxylation sites is 1. The first-order valence-electron chi connectivity index (χ1n) is 8.68. The van der Waals surface area contributed by atoms with E-state index in [0.717, 1.165) is 5.56 Å². The number of benzene rings is 1. The van der Waals surface area contributed by atoms with Crippen molar-refractivity contribution in [3.05, 3.63) is 59.9 Å². The molecule has 1 aliphatic heterocycles. The maximum atomic E-state index is 12.8. The van der Waals surface area contributed by atoms with Crippen molar-refractivity contribution in [2.75, 3.05) is 19.6 Å². The molecule has 5 nitrogen and oxygen atoms in total. The van der Waals surface area contributed by atoms with Gasteiger partial charge in [-0.15, -0.1) is 13.2 Å². The molecule has 1 amide bonds. The van der Waals surface area contributed by atoms with Crippen LogP contribution in [0.3, 0.4) is 0 Å². The van der Waals surface area contributed by atoms with Crippen molar-refractivity contribution in [2.24, 2.45) is 0 Å². The van der Waals surface area contributed by atoms with Gasteiger partial charge >= 0.3 is 6.36 Å². The first-order chi connectivity index (χ1) is 12.9. The molecule has 0 saturated carbocycles. The van der Waals surface area contributed by atoms with Gasteiger partial charge in [0.1, 0.15) is 5.75 Å². The largest absolute Gasteiger partial charge is 0.573 e. The van der Waals surface area contributed by atoms with E-state index in [2.05, 4.69) is 15.0 Å². The first kappa shape index (κ1) is 19.2. The van der Waals surface area contributed by atoms with Gasteiger partial charge in [-0.25, -0.2) is 0 Å². The fourth-order valence-electron chi connectivity index (χ4n) is 3.19. The summed E-state index contributed by atoms with van der Waals surface area (Å²) in [5, 5.41) is 3.26. The summed E-state index contributed by atoms with van der Waals surface area (Å²) in [7, 11) is 0. The van der Waals surface area contributed by atoms with Crippen LogP contribution in [0.4, 0.5) is 13.2 Å². The number of rotatable bonds is 5. The Kier molecular flexibility index (Phi) is 5.95.